The molecular weight excluding hydrogens is 332 g/mol. The summed E-state index contributed by atoms with van der Waals surface area (Å²) in [5.41, 5.74) is 5.23. The van der Waals surface area contributed by atoms with Crippen LogP contribution in [-0.2, 0) is 0 Å². The molecule has 1 unspecified atom stereocenters. The van der Waals surface area contributed by atoms with Crippen molar-refractivity contribution in [2.24, 2.45) is 5.92 Å². The highest BCUT2D eigenvalue weighted by Gasteiger charge is 2.27. The molecule has 1 saturated heterocycles. The fraction of sp³-hybridized carbons (Fsp3) is 0.391. The number of hydrogen-bond donors (Lipinski definition) is 0. The molecule has 4 rings (SSSR count). The molecule has 0 radical (unpaired) electrons. The van der Waals surface area contributed by atoms with Crippen molar-refractivity contribution in [2.45, 2.75) is 25.7 Å². The van der Waals surface area contributed by atoms with Crippen LogP contribution in [0.15, 0.2) is 64.9 Å². The molecule has 1 aliphatic heterocycles. The van der Waals surface area contributed by atoms with Crippen molar-refractivity contribution in [3.8, 4) is 12.1 Å². The Labute approximate surface area is 161 Å². The standard InChI is InChI=1S/C23H24N4/c24-16-21(17-25)19-7-6-18-8-9-23(15-20(18)14-19)27-12-10-26(11-13-27)22-4-2-1-3-5-22/h1-5,14-15,18H,6-13H2. The van der Waals surface area contributed by atoms with Crippen LogP contribution in [0.4, 0.5) is 5.69 Å². The number of rotatable bonds is 2. The summed E-state index contributed by atoms with van der Waals surface area (Å²) < 4.78 is 0. The maximum atomic E-state index is 9.16. The Bertz CT molecular complexity index is 855. The molecule has 1 fully saturated rings. The maximum Gasteiger partial charge on any atom is 0.132 e. The van der Waals surface area contributed by atoms with Crippen LogP contribution in [0.1, 0.15) is 25.7 Å². The molecule has 27 heavy (non-hydrogen) atoms. The van der Waals surface area contributed by atoms with Gasteiger partial charge in [0.05, 0.1) is 0 Å². The van der Waals surface area contributed by atoms with Crippen LogP contribution in [0.3, 0.4) is 0 Å². The summed E-state index contributed by atoms with van der Waals surface area (Å²) in [6, 6.07) is 14.7. The molecule has 1 atom stereocenters. The average molecular weight is 356 g/mol. The minimum absolute atomic E-state index is 0.276. The number of para-hydroxylation sites is 1. The van der Waals surface area contributed by atoms with E-state index >= 15 is 0 Å². The lowest BCUT2D eigenvalue weighted by atomic mass is 9.77. The third kappa shape index (κ3) is 3.62. The first kappa shape index (κ1) is 17.4. The predicted octanol–water partition coefficient (Wildman–Crippen LogP) is 4.17. The Hall–Kier alpha value is -2.98. The predicted molar refractivity (Wildman–Crippen MR) is 107 cm³/mol. The molecule has 4 heteroatoms. The second-order valence-electron chi connectivity index (χ2n) is 7.49. The highest BCUT2D eigenvalue weighted by Crippen LogP contribution is 2.39. The third-order valence-electron chi connectivity index (χ3n) is 6.01. The number of fused-ring (bicyclic) bond motifs is 1. The molecule has 1 heterocycles. The van der Waals surface area contributed by atoms with Crippen LogP contribution in [0, 0.1) is 28.6 Å². The van der Waals surface area contributed by atoms with E-state index in [0.717, 1.165) is 51.0 Å². The SMILES string of the molecule is N#CC(C#N)=C1C=C2C=C(N3CCN(c4ccccc4)CC3)CCC2CC1. The number of benzene rings is 1. The number of nitriles is 2. The molecule has 2 aliphatic carbocycles. The van der Waals surface area contributed by atoms with Gasteiger partial charge < -0.3 is 9.80 Å². The molecule has 136 valence electrons. The average Bonchev–Trinajstić information content (AvgIpc) is 2.75. The van der Waals surface area contributed by atoms with Crippen LogP contribution < -0.4 is 4.90 Å². The number of piperazine rings is 1. The Morgan fingerprint density at radius 3 is 2.22 bits per heavy atom. The van der Waals surface area contributed by atoms with Crippen LogP contribution in [0.2, 0.25) is 0 Å². The number of nitrogens with zero attached hydrogens (tertiary/aromatic N) is 4. The first-order valence-electron chi connectivity index (χ1n) is 9.79. The first-order chi connectivity index (χ1) is 13.3. The minimum Gasteiger partial charge on any atom is -0.371 e. The Morgan fingerprint density at radius 2 is 1.52 bits per heavy atom. The maximum absolute atomic E-state index is 9.16. The van der Waals surface area contributed by atoms with Crippen molar-refractivity contribution in [1.82, 2.24) is 4.90 Å². The summed E-state index contributed by atoms with van der Waals surface area (Å²) in [6.07, 6.45) is 8.66. The molecule has 1 aromatic rings. The Balaban J connectivity index is 1.49. The molecule has 0 aromatic heterocycles. The van der Waals surface area contributed by atoms with Gasteiger partial charge in [0.25, 0.3) is 0 Å². The van der Waals surface area contributed by atoms with Crippen molar-refractivity contribution in [3.63, 3.8) is 0 Å². The molecule has 0 spiro atoms. The quantitative estimate of drug-likeness (QED) is 0.747. The summed E-state index contributed by atoms with van der Waals surface area (Å²) in [4.78, 5) is 4.97. The molecule has 0 bridgehead atoms. The summed E-state index contributed by atoms with van der Waals surface area (Å²) in [7, 11) is 0. The zero-order valence-electron chi connectivity index (χ0n) is 15.6. The first-order valence-corrected chi connectivity index (χ1v) is 9.79. The molecule has 4 nitrogen and oxygen atoms in total. The van der Waals surface area contributed by atoms with Gasteiger partial charge in [0.1, 0.15) is 17.7 Å². The molecule has 3 aliphatic rings. The van der Waals surface area contributed by atoms with Gasteiger partial charge in [-0.3, -0.25) is 0 Å². The van der Waals surface area contributed by atoms with E-state index in [1.807, 2.05) is 12.1 Å². The van der Waals surface area contributed by atoms with Gasteiger partial charge >= 0.3 is 0 Å². The van der Waals surface area contributed by atoms with Gasteiger partial charge in [-0.1, -0.05) is 24.3 Å². The topological polar surface area (TPSA) is 54.1 Å². The smallest absolute Gasteiger partial charge is 0.132 e. The zero-order chi connectivity index (χ0) is 18.6. The van der Waals surface area contributed by atoms with E-state index in [4.69, 9.17) is 10.5 Å². The summed E-state index contributed by atoms with van der Waals surface area (Å²) in [6.45, 7) is 4.18. The minimum atomic E-state index is 0.276. The Morgan fingerprint density at radius 1 is 0.852 bits per heavy atom. The lowest BCUT2D eigenvalue weighted by molar-refractivity contribution is 0.297. The van der Waals surface area contributed by atoms with Crippen molar-refractivity contribution < 1.29 is 0 Å². The van der Waals surface area contributed by atoms with E-state index < -0.39 is 0 Å². The van der Waals surface area contributed by atoms with E-state index in [1.54, 1.807) is 0 Å². The second kappa shape index (κ2) is 7.72. The lowest BCUT2D eigenvalue weighted by Crippen LogP contribution is -2.46. The van der Waals surface area contributed by atoms with Gasteiger partial charge in [-0.25, -0.2) is 0 Å². The highest BCUT2D eigenvalue weighted by atomic mass is 15.3. The lowest BCUT2D eigenvalue weighted by Gasteiger charge is -2.40. The van der Waals surface area contributed by atoms with Crippen molar-refractivity contribution in [3.05, 3.63) is 64.9 Å². The monoisotopic (exact) mass is 356 g/mol. The molecule has 1 aromatic carbocycles. The second-order valence-corrected chi connectivity index (χ2v) is 7.49. The number of anilines is 1. The van der Waals surface area contributed by atoms with E-state index in [0.29, 0.717) is 5.92 Å². The number of hydrogen-bond acceptors (Lipinski definition) is 4. The summed E-state index contributed by atoms with van der Waals surface area (Å²) in [5.74, 6) is 0.585. The van der Waals surface area contributed by atoms with Crippen LogP contribution in [0.5, 0.6) is 0 Å². The molecule has 0 N–H and O–H groups in total. The third-order valence-corrected chi connectivity index (χ3v) is 6.01. The van der Waals surface area contributed by atoms with E-state index in [1.165, 1.54) is 23.4 Å². The molecule has 0 saturated carbocycles. The fourth-order valence-corrected chi connectivity index (χ4v) is 4.45. The summed E-state index contributed by atoms with van der Waals surface area (Å²) >= 11 is 0. The highest BCUT2D eigenvalue weighted by molar-refractivity contribution is 5.50. The van der Waals surface area contributed by atoms with Crippen molar-refractivity contribution in [1.29, 1.82) is 10.5 Å². The normalized spacial score (nSPS) is 22.1. The van der Waals surface area contributed by atoms with E-state index in [2.05, 4.69) is 52.3 Å². The van der Waals surface area contributed by atoms with Gasteiger partial charge in [-0.05, 0) is 61.0 Å². The van der Waals surface area contributed by atoms with Crippen LogP contribution >= 0.6 is 0 Å². The van der Waals surface area contributed by atoms with Gasteiger partial charge in [0, 0.05) is 37.6 Å². The van der Waals surface area contributed by atoms with Crippen LogP contribution in [0.25, 0.3) is 0 Å². The van der Waals surface area contributed by atoms with Gasteiger partial charge in [-0.2, -0.15) is 10.5 Å². The van der Waals surface area contributed by atoms with Crippen molar-refractivity contribution >= 4 is 5.69 Å². The fourth-order valence-electron chi connectivity index (χ4n) is 4.45. The Kier molecular flexibility index (Phi) is 4.99. The zero-order valence-corrected chi connectivity index (χ0v) is 15.6. The van der Waals surface area contributed by atoms with Gasteiger partial charge in [-0.15, -0.1) is 0 Å². The van der Waals surface area contributed by atoms with Crippen LogP contribution in [-0.4, -0.2) is 31.1 Å². The van der Waals surface area contributed by atoms with Crippen molar-refractivity contribution in [2.75, 3.05) is 31.1 Å². The summed E-state index contributed by atoms with van der Waals surface area (Å²) in [5, 5.41) is 18.3. The van der Waals surface area contributed by atoms with E-state index in [-0.39, 0.29) is 5.57 Å². The molecule has 0 amide bonds. The number of allylic oxidation sites excluding steroid dienone is 6. The van der Waals surface area contributed by atoms with Gasteiger partial charge in [0.15, 0.2) is 0 Å². The largest absolute Gasteiger partial charge is 0.371 e. The van der Waals surface area contributed by atoms with E-state index in [9.17, 15) is 0 Å². The molecular formula is C23H24N4. The van der Waals surface area contributed by atoms with Gasteiger partial charge in [0.2, 0.25) is 0 Å².